The lowest BCUT2D eigenvalue weighted by molar-refractivity contribution is -0.385. The molecule has 1 aliphatic rings. The van der Waals surface area contributed by atoms with E-state index in [-0.39, 0.29) is 36.5 Å². The molecule has 11 heteroatoms. The summed E-state index contributed by atoms with van der Waals surface area (Å²) in [5.74, 6) is -2.57. The third kappa shape index (κ3) is 6.68. The van der Waals surface area contributed by atoms with Crippen molar-refractivity contribution in [1.29, 1.82) is 0 Å². The number of anilines is 1. The largest absolute Gasteiger partial charge is 0.480 e. The lowest BCUT2D eigenvalue weighted by Crippen LogP contribution is -2.50. The number of rotatable bonds is 10. The standard InChI is InChI=1S/C29H28N4O7/c1-18-7-12-24(33(39)40)22(15-18)27(35)30-21-10-8-19(9-11-21)16-23(29(37)38)31-28(36)25-13-14-26(34)32(25)17-20-5-3-2-4-6-20/h2-12,15,23,25H,13-14,16-17H2,1H3,(H,30,35)(H,31,36)(H,37,38)/t23-,25?/m0/s1. The van der Waals surface area contributed by atoms with Crippen molar-refractivity contribution < 1.29 is 29.2 Å². The molecule has 3 aromatic rings. The number of hydrogen-bond acceptors (Lipinski definition) is 6. The van der Waals surface area contributed by atoms with Crippen LogP contribution in [-0.4, -0.2) is 50.7 Å². The second-order valence-electron chi connectivity index (χ2n) is 9.59. The Hall–Kier alpha value is -5.06. The molecule has 206 valence electrons. The number of carbonyl (C=O) groups is 4. The molecule has 0 bridgehead atoms. The number of carboxylic acid groups (broad SMARTS) is 1. The van der Waals surface area contributed by atoms with Gasteiger partial charge in [-0.2, -0.15) is 0 Å². The molecule has 0 aliphatic carbocycles. The van der Waals surface area contributed by atoms with E-state index in [2.05, 4.69) is 10.6 Å². The summed E-state index contributed by atoms with van der Waals surface area (Å²) >= 11 is 0. The molecule has 40 heavy (non-hydrogen) atoms. The number of nitro benzene ring substituents is 1. The lowest BCUT2D eigenvalue weighted by atomic mass is 10.0. The van der Waals surface area contributed by atoms with Crippen molar-refractivity contribution >= 4 is 35.1 Å². The van der Waals surface area contributed by atoms with Crippen molar-refractivity contribution in [2.24, 2.45) is 0 Å². The smallest absolute Gasteiger partial charge is 0.326 e. The molecule has 2 atom stereocenters. The second-order valence-corrected chi connectivity index (χ2v) is 9.59. The van der Waals surface area contributed by atoms with Crippen LogP contribution in [0.5, 0.6) is 0 Å². The number of aryl methyl sites for hydroxylation is 1. The van der Waals surface area contributed by atoms with Gasteiger partial charge in [-0.1, -0.05) is 48.5 Å². The van der Waals surface area contributed by atoms with Crippen LogP contribution in [0.4, 0.5) is 11.4 Å². The molecule has 0 radical (unpaired) electrons. The third-order valence-corrected chi connectivity index (χ3v) is 6.69. The number of carboxylic acids is 1. The summed E-state index contributed by atoms with van der Waals surface area (Å²) in [5, 5.41) is 26.2. The summed E-state index contributed by atoms with van der Waals surface area (Å²) < 4.78 is 0. The first-order chi connectivity index (χ1) is 19.1. The number of benzene rings is 3. The van der Waals surface area contributed by atoms with Crippen LogP contribution in [-0.2, 0) is 27.3 Å². The van der Waals surface area contributed by atoms with Crippen LogP contribution < -0.4 is 10.6 Å². The first-order valence-electron chi connectivity index (χ1n) is 12.6. The maximum Gasteiger partial charge on any atom is 0.326 e. The van der Waals surface area contributed by atoms with Crippen molar-refractivity contribution in [2.75, 3.05) is 5.32 Å². The van der Waals surface area contributed by atoms with E-state index in [9.17, 15) is 34.4 Å². The fraction of sp³-hybridized carbons (Fsp3) is 0.241. The second kappa shape index (κ2) is 12.2. The average Bonchev–Trinajstić information content (AvgIpc) is 3.29. The molecule has 0 aromatic heterocycles. The molecule has 1 unspecified atom stereocenters. The maximum atomic E-state index is 13.0. The van der Waals surface area contributed by atoms with Gasteiger partial charge in [-0.15, -0.1) is 0 Å². The van der Waals surface area contributed by atoms with Crippen molar-refractivity contribution in [1.82, 2.24) is 10.2 Å². The molecular formula is C29H28N4O7. The number of nitro groups is 1. The summed E-state index contributed by atoms with van der Waals surface area (Å²) in [7, 11) is 0. The highest BCUT2D eigenvalue weighted by atomic mass is 16.6. The van der Waals surface area contributed by atoms with Gasteiger partial charge in [0.05, 0.1) is 4.92 Å². The Balaban J connectivity index is 1.40. The topological polar surface area (TPSA) is 159 Å². The summed E-state index contributed by atoms with van der Waals surface area (Å²) in [6, 6.07) is 17.8. The molecule has 0 spiro atoms. The number of carbonyl (C=O) groups excluding carboxylic acids is 3. The molecule has 4 rings (SSSR count). The van der Waals surface area contributed by atoms with Gasteiger partial charge in [0.25, 0.3) is 11.6 Å². The van der Waals surface area contributed by atoms with Crippen LogP contribution in [0.15, 0.2) is 72.8 Å². The van der Waals surface area contributed by atoms with Gasteiger partial charge in [-0.3, -0.25) is 24.5 Å². The molecular weight excluding hydrogens is 516 g/mol. The minimum Gasteiger partial charge on any atom is -0.480 e. The summed E-state index contributed by atoms with van der Waals surface area (Å²) in [6.45, 7) is 1.98. The Bertz CT molecular complexity index is 1440. The molecule has 1 fully saturated rings. The van der Waals surface area contributed by atoms with E-state index in [0.717, 1.165) is 5.56 Å². The Morgan fingerprint density at radius 2 is 1.75 bits per heavy atom. The highest BCUT2D eigenvalue weighted by Gasteiger charge is 2.37. The van der Waals surface area contributed by atoms with Crippen LogP contribution in [0.2, 0.25) is 0 Å². The fourth-order valence-corrected chi connectivity index (χ4v) is 4.60. The van der Waals surface area contributed by atoms with E-state index in [1.165, 1.54) is 17.0 Å². The van der Waals surface area contributed by atoms with Crippen LogP contribution in [0.1, 0.15) is 39.9 Å². The van der Waals surface area contributed by atoms with Gasteiger partial charge in [0.1, 0.15) is 17.6 Å². The van der Waals surface area contributed by atoms with E-state index < -0.39 is 34.8 Å². The summed E-state index contributed by atoms with van der Waals surface area (Å²) in [6.07, 6.45) is 0.483. The zero-order chi connectivity index (χ0) is 28.8. The number of nitrogens with one attached hydrogen (secondary N) is 2. The number of aliphatic carboxylic acids is 1. The number of amides is 3. The number of nitrogens with zero attached hydrogens (tertiary/aromatic N) is 2. The quantitative estimate of drug-likeness (QED) is 0.260. The molecule has 3 N–H and O–H groups in total. The van der Waals surface area contributed by atoms with Gasteiger partial charge < -0.3 is 20.6 Å². The van der Waals surface area contributed by atoms with Crippen LogP contribution in [0.25, 0.3) is 0 Å². The van der Waals surface area contributed by atoms with E-state index in [4.69, 9.17) is 0 Å². The predicted octanol–water partition coefficient (Wildman–Crippen LogP) is 3.46. The van der Waals surface area contributed by atoms with Crippen molar-refractivity contribution in [3.8, 4) is 0 Å². The predicted molar refractivity (Wildman–Crippen MR) is 146 cm³/mol. The van der Waals surface area contributed by atoms with Gasteiger partial charge in [-0.25, -0.2) is 4.79 Å². The first kappa shape index (κ1) is 28.0. The van der Waals surface area contributed by atoms with E-state index in [1.54, 1.807) is 37.3 Å². The van der Waals surface area contributed by atoms with E-state index in [0.29, 0.717) is 23.2 Å². The first-order valence-corrected chi connectivity index (χ1v) is 12.6. The van der Waals surface area contributed by atoms with Crippen molar-refractivity contribution in [2.45, 2.75) is 44.8 Å². The monoisotopic (exact) mass is 544 g/mol. The minimum absolute atomic E-state index is 0.0298. The lowest BCUT2D eigenvalue weighted by Gasteiger charge is -2.26. The Morgan fingerprint density at radius 3 is 2.40 bits per heavy atom. The zero-order valence-electron chi connectivity index (χ0n) is 21.7. The molecule has 11 nitrogen and oxygen atoms in total. The van der Waals surface area contributed by atoms with E-state index in [1.807, 2.05) is 30.3 Å². The third-order valence-electron chi connectivity index (χ3n) is 6.69. The van der Waals surface area contributed by atoms with Crippen molar-refractivity contribution in [3.05, 3.63) is 105 Å². The van der Waals surface area contributed by atoms with Crippen LogP contribution >= 0.6 is 0 Å². The Kier molecular flexibility index (Phi) is 8.53. The molecule has 1 aliphatic heterocycles. The maximum absolute atomic E-state index is 13.0. The summed E-state index contributed by atoms with van der Waals surface area (Å²) in [4.78, 5) is 62.3. The van der Waals surface area contributed by atoms with Gasteiger partial charge in [-0.05, 0) is 48.2 Å². The molecule has 1 heterocycles. The molecule has 3 aromatic carbocycles. The SMILES string of the molecule is Cc1ccc([N+](=O)[O-])c(C(=O)Nc2ccc(C[C@H](NC(=O)C3CCC(=O)N3Cc3ccccc3)C(=O)O)cc2)c1. The zero-order valence-corrected chi connectivity index (χ0v) is 21.7. The Morgan fingerprint density at radius 1 is 1.05 bits per heavy atom. The molecule has 1 saturated heterocycles. The highest BCUT2D eigenvalue weighted by molar-refractivity contribution is 6.07. The normalized spacial score (nSPS) is 15.4. The Labute approximate surface area is 230 Å². The fourth-order valence-electron chi connectivity index (χ4n) is 4.60. The average molecular weight is 545 g/mol. The van der Waals surface area contributed by atoms with Crippen LogP contribution in [0.3, 0.4) is 0 Å². The number of hydrogen-bond donors (Lipinski definition) is 3. The summed E-state index contributed by atoms with van der Waals surface area (Å²) in [5.41, 5.74) is 2.12. The van der Waals surface area contributed by atoms with Gasteiger partial charge in [0.2, 0.25) is 11.8 Å². The van der Waals surface area contributed by atoms with Gasteiger partial charge in [0.15, 0.2) is 0 Å². The van der Waals surface area contributed by atoms with Crippen LogP contribution in [0, 0.1) is 17.0 Å². The van der Waals surface area contributed by atoms with Crippen molar-refractivity contribution in [3.63, 3.8) is 0 Å². The van der Waals surface area contributed by atoms with E-state index >= 15 is 0 Å². The minimum atomic E-state index is -1.24. The molecule has 3 amide bonds. The van der Waals surface area contributed by atoms with Gasteiger partial charge >= 0.3 is 5.97 Å². The van der Waals surface area contributed by atoms with Gasteiger partial charge in [0, 0.05) is 31.1 Å². The highest BCUT2D eigenvalue weighted by Crippen LogP contribution is 2.23. The number of likely N-dealkylation sites (tertiary alicyclic amines) is 1. The molecule has 0 saturated carbocycles.